The van der Waals surface area contributed by atoms with Crippen molar-refractivity contribution in [1.82, 2.24) is 0 Å². The minimum atomic E-state index is 0.429. The molecule has 0 spiro atoms. The van der Waals surface area contributed by atoms with Gasteiger partial charge in [-0.05, 0) is 19.1 Å². The average Bonchev–Trinajstić information content (AvgIpc) is 2.30. The van der Waals surface area contributed by atoms with Gasteiger partial charge in [-0.15, -0.1) is 0 Å². The molecular formula is C12H13ClN2O. The molecule has 84 valence electrons. The fraction of sp³-hybridized carbons (Fsp3) is 0.333. The lowest BCUT2D eigenvalue weighted by molar-refractivity contribution is 0.112. The Morgan fingerprint density at radius 2 is 2.31 bits per heavy atom. The molecule has 0 fully saturated rings. The highest BCUT2D eigenvalue weighted by Gasteiger charge is 2.11. The summed E-state index contributed by atoms with van der Waals surface area (Å²) in [4.78, 5) is 12.9. The van der Waals surface area contributed by atoms with Crippen LogP contribution in [-0.4, -0.2) is 19.4 Å². The lowest BCUT2D eigenvalue weighted by Crippen LogP contribution is -2.24. The van der Waals surface area contributed by atoms with Crippen molar-refractivity contribution in [2.45, 2.75) is 13.3 Å². The summed E-state index contributed by atoms with van der Waals surface area (Å²) in [5.74, 6) is 0. The molecular weight excluding hydrogens is 224 g/mol. The zero-order valence-electron chi connectivity index (χ0n) is 9.11. The number of nitrogens with zero attached hydrogens (tertiary/aromatic N) is 2. The molecule has 0 unspecified atom stereocenters. The molecule has 0 saturated heterocycles. The van der Waals surface area contributed by atoms with Gasteiger partial charge in [0.1, 0.15) is 0 Å². The first kappa shape index (κ1) is 12.5. The predicted octanol–water partition coefficient (Wildman–Crippen LogP) is 2.89. The van der Waals surface area contributed by atoms with E-state index in [1.807, 2.05) is 17.9 Å². The van der Waals surface area contributed by atoms with Crippen molar-refractivity contribution in [3.63, 3.8) is 0 Å². The van der Waals surface area contributed by atoms with Gasteiger partial charge in [0.05, 0.1) is 23.1 Å². The lowest BCUT2D eigenvalue weighted by Gasteiger charge is -2.23. The van der Waals surface area contributed by atoms with Gasteiger partial charge in [-0.25, -0.2) is 0 Å². The molecule has 1 aromatic rings. The molecule has 0 amide bonds. The van der Waals surface area contributed by atoms with Crippen molar-refractivity contribution in [3.05, 3.63) is 28.8 Å². The molecule has 0 N–H and O–H groups in total. The van der Waals surface area contributed by atoms with E-state index in [0.29, 0.717) is 23.6 Å². The SMILES string of the molecule is CCN(CCC#N)c1cccc(Cl)c1C=O. The van der Waals surface area contributed by atoms with Crippen LogP contribution in [0.15, 0.2) is 18.2 Å². The zero-order chi connectivity index (χ0) is 12.0. The molecule has 1 aromatic carbocycles. The van der Waals surface area contributed by atoms with Crippen LogP contribution < -0.4 is 4.90 Å². The van der Waals surface area contributed by atoms with Crippen molar-refractivity contribution in [2.75, 3.05) is 18.0 Å². The van der Waals surface area contributed by atoms with Gasteiger partial charge in [-0.1, -0.05) is 17.7 Å². The van der Waals surface area contributed by atoms with Crippen molar-refractivity contribution < 1.29 is 4.79 Å². The molecule has 0 aliphatic carbocycles. The number of hydrogen-bond acceptors (Lipinski definition) is 3. The summed E-state index contributed by atoms with van der Waals surface area (Å²) < 4.78 is 0. The second kappa shape index (κ2) is 6.14. The van der Waals surface area contributed by atoms with Crippen LogP contribution in [0.4, 0.5) is 5.69 Å². The summed E-state index contributed by atoms with van der Waals surface area (Å²) in [6.07, 6.45) is 1.19. The maximum absolute atomic E-state index is 11.0. The van der Waals surface area contributed by atoms with Crippen LogP contribution in [0.5, 0.6) is 0 Å². The molecule has 0 saturated carbocycles. The second-order valence-electron chi connectivity index (χ2n) is 3.28. The van der Waals surface area contributed by atoms with E-state index in [0.717, 1.165) is 18.5 Å². The average molecular weight is 237 g/mol. The first-order valence-corrected chi connectivity index (χ1v) is 5.48. The van der Waals surface area contributed by atoms with Crippen molar-refractivity contribution in [1.29, 1.82) is 5.26 Å². The summed E-state index contributed by atoms with van der Waals surface area (Å²) in [7, 11) is 0. The van der Waals surface area contributed by atoms with E-state index in [4.69, 9.17) is 16.9 Å². The van der Waals surface area contributed by atoms with Crippen LogP contribution >= 0.6 is 11.6 Å². The van der Waals surface area contributed by atoms with Crippen LogP contribution in [0, 0.1) is 11.3 Å². The van der Waals surface area contributed by atoms with E-state index >= 15 is 0 Å². The first-order valence-electron chi connectivity index (χ1n) is 5.10. The summed E-state index contributed by atoms with van der Waals surface area (Å²) in [6.45, 7) is 3.32. The molecule has 0 heterocycles. The standard InChI is InChI=1S/C12H13ClN2O/c1-2-15(8-4-7-14)12-6-3-5-11(13)10(12)9-16/h3,5-6,9H,2,4,8H2,1H3. The van der Waals surface area contributed by atoms with E-state index in [1.165, 1.54) is 0 Å². The number of benzene rings is 1. The molecule has 16 heavy (non-hydrogen) atoms. The lowest BCUT2D eigenvalue weighted by atomic mass is 10.1. The summed E-state index contributed by atoms with van der Waals surface area (Å²) in [5, 5.41) is 9.01. The van der Waals surface area contributed by atoms with Crippen LogP contribution in [0.2, 0.25) is 5.02 Å². The third-order valence-electron chi connectivity index (χ3n) is 2.36. The van der Waals surface area contributed by atoms with Gasteiger partial charge >= 0.3 is 0 Å². The Balaban J connectivity index is 3.05. The Hall–Kier alpha value is -1.53. The summed E-state index contributed by atoms with van der Waals surface area (Å²) in [5.41, 5.74) is 1.28. The smallest absolute Gasteiger partial charge is 0.153 e. The third kappa shape index (κ3) is 2.74. The van der Waals surface area contributed by atoms with E-state index < -0.39 is 0 Å². The number of halogens is 1. The number of carbonyl (C=O) groups excluding carboxylic acids is 1. The minimum Gasteiger partial charge on any atom is -0.370 e. The van der Waals surface area contributed by atoms with E-state index in [9.17, 15) is 4.79 Å². The quantitative estimate of drug-likeness (QED) is 0.739. The largest absolute Gasteiger partial charge is 0.370 e. The summed E-state index contributed by atoms with van der Waals surface area (Å²) in [6, 6.07) is 7.43. The highest BCUT2D eigenvalue weighted by Crippen LogP contribution is 2.25. The van der Waals surface area contributed by atoms with Gasteiger partial charge in [-0.2, -0.15) is 5.26 Å². The Morgan fingerprint density at radius 3 is 2.88 bits per heavy atom. The van der Waals surface area contributed by atoms with Gasteiger partial charge in [0.2, 0.25) is 0 Å². The Labute approximate surface area is 100 Å². The molecule has 0 aliphatic rings. The van der Waals surface area contributed by atoms with Crippen LogP contribution in [0.1, 0.15) is 23.7 Å². The molecule has 0 aromatic heterocycles. The topological polar surface area (TPSA) is 44.1 Å². The molecule has 0 aliphatic heterocycles. The maximum Gasteiger partial charge on any atom is 0.153 e. The van der Waals surface area contributed by atoms with Gasteiger partial charge < -0.3 is 4.90 Å². The van der Waals surface area contributed by atoms with Gasteiger partial charge in [-0.3, -0.25) is 4.79 Å². The van der Waals surface area contributed by atoms with E-state index in [1.54, 1.807) is 12.1 Å². The fourth-order valence-corrected chi connectivity index (χ4v) is 1.77. The summed E-state index contributed by atoms with van der Waals surface area (Å²) >= 11 is 5.94. The fourth-order valence-electron chi connectivity index (χ4n) is 1.55. The molecule has 0 atom stereocenters. The number of rotatable bonds is 5. The van der Waals surface area contributed by atoms with Crippen LogP contribution in [0.3, 0.4) is 0 Å². The molecule has 0 radical (unpaired) electrons. The van der Waals surface area contributed by atoms with Crippen molar-refractivity contribution in [2.24, 2.45) is 0 Å². The van der Waals surface area contributed by atoms with Crippen LogP contribution in [0.25, 0.3) is 0 Å². The number of nitriles is 1. The van der Waals surface area contributed by atoms with Gasteiger partial charge in [0, 0.05) is 18.8 Å². The van der Waals surface area contributed by atoms with Gasteiger partial charge in [0.25, 0.3) is 0 Å². The third-order valence-corrected chi connectivity index (χ3v) is 2.69. The number of hydrogen-bond donors (Lipinski definition) is 0. The first-order chi connectivity index (χ1) is 7.74. The molecule has 4 heteroatoms. The molecule has 3 nitrogen and oxygen atoms in total. The second-order valence-corrected chi connectivity index (χ2v) is 3.69. The normalized spacial score (nSPS) is 9.56. The highest BCUT2D eigenvalue weighted by molar-refractivity contribution is 6.33. The van der Waals surface area contributed by atoms with Crippen molar-refractivity contribution in [3.8, 4) is 6.07 Å². The number of anilines is 1. The minimum absolute atomic E-state index is 0.429. The van der Waals surface area contributed by atoms with Crippen molar-refractivity contribution >= 4 is 23.6 Å². The zero-order valence-corrected chi connectivity index (χ0v) is 9.87. The Kier molecular flexibility index (Phi) is 4.81. The Bertz CT molecular complexity index is 412. The van der Waals surface area contributed by atoms with E-state index in [2.05, 4.69) is 6.07 Å². The number of aldehydes is 1. The van der Waals surface area contributed by atoms with Gasteiger partial charge in [0.15, 0.2) is 6.29 Å². The van der Waals surface area contributed by atoms with E-state index in [-0.39, 0.29) is 0 Å². The predicted molar refractivity (Wildman–Crippen MR) is 65.0 cm³/mol. The highest BCUT2D eigenvalue weighted by atomic mass is 35.5. The number of carbonyl (C=O) groups is 1. The molecule has 0 bridgehead atoms. The van der Waals surface area contributed by atoms with Crippen LogP contribution in [-0.2, 0) is 0 Å². The maximum atomic E-state index is 11.0. The molecule has 1 rings (SSSR count). The Morgan fingerprint density at radius 1 is 1.56 bits per heavy atom. The monoisotopic (exact) mass is 236 g/mol.